The number of rotatable bonds is 2. The first-order valence-electron chi connectivity index (χ1n) is 9.50. The third-order valence-corrected chi connectivity index (χ3v) is 7.21. The first-order valence-corrected chi connectivity index (χ1v) is 10.3. The van der Waals surface area contributed by atoms with Crippen molar-refractivity contribution in [2.75, 3.05) is 4.90 Å². The van der Waals surface area contributed by atoms with Gasteiger partial charge in [0.15, 0.2) is 5.82 Å². The van der Waals surface area contributed by atoms with E-state index in [1.54, 1.807) is 34.2 Å². The molecule has 0 N–H and O–H groups in total. The SMILES string of the molecule is Cn1cc2cc(N3Cc4cc(C5CCB(C#N)CC5)sc4C3=O)cc(F)c2n1. The van der Waals surface area contributed by atoms with Crippen LogP contribution in [-0.2, 0) is 13.6 Å². The van der Waals surface area contributed by atoms with Gasteiger partial charge in [-0.3, -0.25) is 9.48 Å². The van der Waals surface area contributed by atoms with E-state index in [1.807, 2.05) is 6.07 Å². The molecule has 0 saturated carbocycles. The molecule has 1 amide bonds. The second kappa shape index (κ2) is 6.45. The second-order valence-electron chi connectivity index (χ2n) is 7.74. The van der Waals surface area contributed by atoms with Crippen LogP contribution in [0.15, 0.2) is 24.4 Å². The number of hydrogen-bond donors (Lipinski definition) is 0. The molecule has 0 atom stereocenters. The summed E-state index contributed by atoms with van der Waals surface area (Å²) in [5.41, 5.74) is 1.92. The number of aromatic nitrogens is 2. The summed E-state index contributed by atoms with van der Waals surface area (Å²) in [6.45, 7) is 0.654. The molecule has 8 heteroatoms. The summed E-state index contributed by atoms with van der Waals surface area (Å²) in [6, 6.07) is 5.37. The predicted molar refractivity (Wildman–Crippen MR) is 108 cm³/mol. The molecule has 1 saturated heterocycles. The zero-order valence-electron chi connectivity index (χ0n) is 15.5. The van der Waals surface area contributed by atoms with Gasteiger partial charge in [0.25, 0.3) is 12.6 Å². The van der Waals surface area contributed by atoms with Crippen LogP contribution in [0.1, 0.15) is 38.9 Å². The molecule has 1 aromatic carbocycles. The molecule has 28 heavy (non-hydrogen) atoms. The molecule has 0 bridgehead atoms. The van der Waals surface area contributed by atoms with Crippen molar-refractivity contribution >= 4 is 40.5 Å². The Morgan fingerprint density at radius 3 is 2.82 bits per heavy atom. The molecule has 2 aromatic heterocycles. The lowest BCUT2D eigenvalue weighted by Gasteiger charge is -2.22. The van der Waals surface area contributed by atoms with Crippen molar-refractivity contribution in [3.8, 4) is 5.97 Å². The Morgan fingerprint density at radius 1 is 1.32 bits per heavy atom. The maximum atomic E-state index is 14.4. The normalized spacial score (nSPS) is 17.4. The first-order chi connectivity index (χ1) is 13.5. The minimum absolute atomic E-state index is 0.0559. The van der Waals surface area contributed by atoms with E-state index in [2.05, 4.69) is 17.1 Å². The van der Waals surface area contributed by atoms with Crippen LogP contribution in [0.3, 0.4) is 0 Å². The summed E-state index contributed by atoms with van der Waals surface area (Å²) in [6.07, 6.45) is 5.66. The fraction of sp³-hybridized carbons (Fsp3) is 0.350. The van der Waals surface area contributed by atoms with E-state index in [4.69, 9.17) is 5.26 Å². The Labute approximate surface area is 166 Å². The number of carbonyl (C=O) groups excluding carboxylic acids is 1. The number of amides is 1. The third-order valence-electron chi connectivity index (χ3n) is 5.88. The average Bonchev–Trinajstić information content (AvgIpc) is 3.36. The number of fused-ring (bicyclic) bond motifs is 2. The molecule has 5 rings (SSSR count). The first kappa shape index (κ1) is 17.4. The maximum absolute atomic E-state index is 14.4. The lowest BCUT2D eigenvalue weighted by Crippen LogP contribution is -2.23. The number of carbonyl (C=O) groups is 1. The predicted octanol–water partition coefficient (Wildman–Crippen LogP) is 4.37. The smallest absolute Gasteiger partial charge is 0.269 e. The molecule has 0 aliphatic carbocycles. The standard InChI is InChI=1S/C20H18BFN4OS/c1-25-9-13-6-15(8-16(22)18(13)24-25)26-10-14-7-17(28-19(14)20(26)27)12-2-4-21(11-23)5-3-12/h6-9,12H,2-5,10H2,1H3. The molecule has 0 spiro atoms. The van der Waals surface area contributed by atoms with Crippen molar-refractivity contribution in [2.24, 2.45) is 7.05 Å². The van der Waals surface area contributed by atoms with Crippen LogP contribution >= 0.6 is 11.3 Å². The second-order valence-corrected chi connectivity index (χ2v) is 8.82. The number of aryl methyl sites for hydroxylation is 1. The molecule has 0 radical (unpaired) electrons. The highest BCUT2D eigenvalue weighted by Crippen LogP contribution is 2.42. The van der Waals surface area contributed by atoms with E-state index in [0.29, 0.717) is 29.1 Å². The van der Waals surface area contributed by atoms with Crippen LogP contribution in [0.5, 0.6) is 0 Å². The largest absolute Gasteiger partial charge is 0.303 e. The van der Waals surface area contributed by atoms with E-state index < -0.39 is 5.82 Å². The van der Waals surface area contributed by atoms with E-state index in [-0.39, 0.29) is 12.6 Å². The van der Waals surface area contributed by atoms with E-state index >= 15 is 0 Å². The van der Waals surface area contributed by atoms with Gasteiger partial charge in [0, 0.05) is 35.2 Å². The molecule has 4 heterocycles. The van der Waals surface area contributed by atoms with Gasteiger partial charge < -0.3 is 4.90 Å². The van der Waals surface area contributed by atoms with Crippen LogP contribution in [0.25, 0.3) is 10.9 Å². The van der Waals surface area contributed by atoms with E-state index in [0.717, 1.165) is 35.9 Å². The van der Waals surface area contributed by atoms with Crippen LogP contribution in [0.4, 0.5) is 10.1 Å². The van der Waals surface area contributed by atoms with E-state index in [9.17, 15) is 9.18 Å². The minimum Gasteiger partial charge on any atom is -0.303 e. The van der Waals surface area contributed by atoms with Gasteiger partial charge in [-0.15, -0.1) is 11.3 Å². The van der Waals surface area contributed by atoms with Gasteiger partial charge in [-0.2, -0.15) is 5.10 Å². The lowest BCUT2D eigenvalue weighted by atomic mass is 9.42. The quantitative estimate of drug-likeness (QED) is 0.609. The monoisotopic (exact) mass is 392 g/mol. The zero-order chi connectivity index (χ0) is 19.4. The summed E-state index contributed by atoms with van der Waals surface area (Å²) < 4.78 is 16.0. The Kier molecular flexibility index (Phi) is 4.02. The number of nitriles is 1. The molecule has 3 aromatic rings. The molecule has 2 aliphatic rings. The van der Waals surface area contributed by atoms with Gasteiger partial charge in [-0.1, -0.05) is 25.5 Å². The molecule has 5 nitrogen and oxygen atoms in total. The van der Waals surface area contributed by atoms with Gasteiger partial charge in [0.2, 0.25) is 0 Å². The fourth-order valence-corrected chi connectivity index (χ4v) is 5.67. The van der Waals surface area contributed by atoms with Gasteiger partial charge >= 0.3 is 0 Å². The summed E-state index contributed by atoms with van der Waals surface area (Å²) in [5.74, 6) is 2.35. The molecular weight excluding hydrogens is 374 g/mol. The summed E-state index contributed by atoms with van der Waals surface area (Å²) >= 11 is 1.57. The zero-order valence-corrected chi connectivity index (χ0v) is 16.3. The maximum Gasteiger partial charge on any atom is 0.269 e. The van der Waals surface area contributed by atoms with Crippen LogP contribution in [-0.4, -0.2) is 22.4 Å². The number of thiophene rings is 1. The van der Waals surface area contributed by atoms with Crippen molar-refractivity contribution in [3.63, 3.8) is 0 Å². The van der Waals surface area contributed by atoms with E-state index in [1.165, 1.54) is 10.9 Å². The van der Waals surface area contributed by atoms with Gasteiger partial charge in [-0.25, -0.2) is 9.65 Å². The van der Waals surface area contributed by atoms with Gasteiger partial charge in [0.1, 0.15) is 5.52 Å². The summed E-state index contributed by atoms with van der Waals surface area (Å²) in [4.78, 5) is 16.7. The number of hydrogen-bond acceptors (Lipinski definition) is 4. The van der Waals surface area contributed by atoms with Crippen molar-refractivity contribution in [2.45, 2.75) is 37.9 Å². The summed E-state index contributed by atoms with van der Waals surface area (Å²) in [5, 5.41) is 13.9. The molecule has 1 fully saturated rings. The fourth-order valence-electron chi connectivity index (χ4n) is 4.38. The number of halogens is 1. The third kappa shape index (κ3) is 2.73. The van der Waals surface area contributed by atoms with Gasteiger partial charge in [0.05, 0.1) is 11.4 Å². The number of nitrogens with zero attached hydrogens (tertiary/aromatic N) is 4. The Hall–Kier alpha value is -2.66. The van der Waals surface area contributed by atoms with Crippen LogP contribution in [0, 0.1) is 17.0 Å². The van der Waals surface area contributed by atoms with Crippen molar-refractivity contribution < 1.29 is 9.18 Å². The highest BCUT2D eigenvalue weighted by molar-refractivity contribution is 7.14. The Bertz CT molecular complexity index is 1140. The van der Waals surface area contributed by atoms with Gasteiger partial charge in [-0.05, 0) is 29.7 Å². The molecule has 140 valence electrons. The molecular formula is C20H18BFN4OS. The highest BCUT2D eigenvalue weighted by Gasteiger charge is 2.34. The number of anilines is 1. The molecule has 0 unspecified atom stereocenters. The topological polar surface area (TPSA) is 61.9 Å². The van der Waals surface area contributed by atoms with Crippen molar-refractivity contribution in [1.82, 2.24) is 9.78 Å². The average molecular weight is 392 g/mol. The Morgan fingerprint density at radius 2 is 2.11 bits per heavy atom. The Balaban J connectivity index is 1.40. The van der Waals surface area contributed by atoms with Crippen LogP contribution in [0.2, 0.25) is 12.6 Å². The van der Waals surface area contributed by atoms with Crippen molar-refractivity contribution in [1.29, 1.82) is 5.26 Å². The van der Waals surface area contributed by atoms with Crippen molar-refractivity contribution in [3.05, 3.63) is 45.5 Å². The van der Waals surface area contributed by atoms with Crippen LogP contribution < -0.4 is 4.90 Å². The summed E-state index contributed by atoms with van der Waals surface area (Å²) in [7, 11) is 1.75. The number of benzene rings is 1. The highest BCUT2D eigenvalue weighted by atomic mass is 32.1. The lowest BCUT2D eigenvalue weighted by molar-refractivity contribution is 0.1000. The minimum atomic E-state index is -0.411. The molecule has 2 aliphatic heterocycles.